The first-order valence-corrected chi connectivity index (χ1v) is 13.9. The van der Waals surface area contributed by atoms with Gasteiger partial charge in [0.25, 0.3) is 10.0 Å². The van der Waals surface area contributed by atoms with Crippen LogP contribution in [0.4, 0.5) is 18.9 Å². The molecule has 0 radical (unpaired) electrons. The largest absolute Gasteiger partial charge is 0.416 e. The zero-order valence-corrected chi connectivity index (χ0v) is 22.4. The molecule has 0 aliphatic rings. The van der Waals surface area contributed by atoms with E-state index in [0.29, 0.717) is 21.4 Å². The second-order valence-electron chi connectivity index (χ2n) is 7.69. The summed E-state index contributed by atoms with van der Waals surface area (Å²) in [4.78, 5) is 16.8. The molecular formula is C23H15Cl2F3N2O3S3. The number of nitrogens with zero attached hydrogens (tertiary/aromatic N) is 1. The van der Waals surface area contributed by atoms with Crippen LogP contribution in [0, 0.1) is 6.92 Å². The lowest BCUT2D eigenvalue weighted by Gasteiger charge is -2.14. The minimum absolute atomic E-state index is 0.0505. The Morgan fingerprint density at radius 2 is 1.78 bits per heavy atom. The van der Waals surface area contributed by atoms with Crippen molar-refractivity contribution in [3.8, 4) is 0 Å². The number of sulfonamides is 1. The molecule has 0 atom stereocenters. The predicted molar refractivity (Wildman–Crippen MR) is 137 cm³/mol. The third kappa shape index (κ3) is 5.65. The number of carbonyl (C=O) groups excluding carboxylic acids is 1. The van der Waals surface area contributed by atoms with Crippen molar-refractivity contribution in [3.63, 3.8) is 0 Å². The Labute approximate surface area is 222 Å². The SMILES string of the molecule is CC(=O)c1cc(NS(=O)(=O)c2ccc(C(F)(F)F)cc2Cl)cc(Cl)c1Sc1nc2cc(C)ccc2s1. The fourth-order valence-corrected chi connectivity index (χ4v) is 7.34. The molecule has 4 rings (SSSR count). The second-order valence-corrected chi connectivity index (χ2v) is 12.4. The fraction of sp³-hybridized carbons (Fsp3) is 0.130. The third-order valence-electron chi connectivity index (χ3n) is 4.94. The van der Waals surface area contributed by atoms with Crippen molar-refractivity contribution in [2.45, 2.75) is 34.2 Å². The Morgan fingerprint density at radius 3 is 2.42 bits per heavy atom. The first-order chi connectivity index (χ1) is 16.7. The van der Waals surface area contributed by atoms with Crippen molar-refractivity contribution in [3.05, 3.63) is 75.3 Å². The molecule has 3 aromatic carbocycles. The highest BCUT2D eigenvalue weighted by Gasteiger charge is 2.32. The average Bonchev–Trinajstić information content (AvgIpc) is 3.15. The first-order valence-electron chi connectivity index (χ1n) is 10.0. The maximum atomic E-state index is 12.9. The number of hydrogen-bond donors (Lipinski definition) is 1. The quantitative estimate of drug-likeness (QED) is 0.230. The number of aromatic nitrogens is 1. The van der Waals surface area contributed by atoms with Gasteiger partial charge in [-0.1, -0.05) is 41.0 Å². The van der Waals surface area contributed by atoms with Crippen molar-refractivity contribution in [1.82, 2.24) is 4.98 Å². The molecule has 0 saturated carbocycles. The molecule has 0 bridgehead atoms. The molecule has 1 aromatic heterocycles. The Kier molecular flexibility index (Phi) is 7.33. The zero-order valence-electron chi connectivity index (χ0n) is 18.4. The summed E-state index contributed by atoms with van der Waals surface area (Å²) in [6, 6.07) is 10.4. The van der Waals surface area contributed by atoms with Gasteiger partial charge in [-0.15, -0.1) is 11.3 Å². The number of ketones is 1. The summed E-state index contributed by atoms with van der Waals surface area (Å²) in [5.41, 5.74) is 0.877. The van der Waals surface area contributed by atoms with Crippen LogP contribution in [0.25, 0.3) is 10.2 Å². The van der Waals surface area contributed by atoms with E-state index in [-0.39, 0.29) is 22.1 Å². The van der Waals surface area contributed by atoms with Gasteiger partial charge in [-0.3, -0.25) is 9.52 Å². The molecule has 0 aliphatic heterocycles. The van der Waals surface area contributed by atoms with E-state index in [1.807, 2.05) is 25.1 Å². The van der Waals surface area contributed by atoms with Crippen LogP contribution >= 0.6 is 46.3 Å². The summed E-state index contributed by atoms with van der Waals surface area (Å²) in [7, 11) is -4.39. The van der Waals surface area contributed by atoms with Gasteiger partial charge in [-0.25, -0.2) is 13.4 Å². The van der Waals surface area contributed by atoms with Crippen LogP contribution in [0.3, 0.4) is 0 Å². The summed E-state index contributed by atoms with van der Waals surface area (Å²) in [6.45, 7) is 3.26. The van der Waals surface area contributed by atoms with Gasteiger partial charge in [0.05, 0.1) is 31.5 Å². The van der Waals surface area contributed by atoms with Crippen LogP contribution in [0.5, 0.6) is 0 Å². The highest BCUT2D eigenvalue weighted by Crippen LogP contribution is 2.42. The molecule has 4 aromatic rings. The van der Waals surface area contributed by atoms with Crippen LogP contribution in [-0.4, -0.2) is 19.2 Å². The Balaban J connectivity index is 1.67. The highest BCUT2D eigenvalue weighted by atomic mass is 35.5. The van der Waals surface area contributed by atoms with Crippen molar-refractivity contribution >= 4 is 78.0 Å². The Hall–Kier alpha value is -2.31. The molecule has 0 saturated heterocycles. The summed E-state index contributed by atoms with van der Waals surface area (Å²) in [5.74, 6) is -0.370. The zero-order chi connectivity index (χ0) is 26.4. The Bertz CT molecular complexity index is 1620. The van der Waals surface area contributed by atoms with Crippen LogP contribution in [-0.2, 0) is 16.2 Å². The molecule has 1 heterocycles. The lowest BCUT2D eigenvalue weighted by molar-refractivity contribution is -0.137. The van der Waals surface area contributed by atoms with Gasteiger partial charge >= 0.3 is 6.18 Å². The van der Waals surface area contributed by atoms with Crippen LogP contribution in [0.1, 0.15) is 28.4 Å². The molecule has 0 amide bonds. The van der Waals surface area contributed by atoms with E-state index >= 15 is 0 Å². The first kappa shape index (κ1) is 26.7. The third-order valence-corrected chi connectivity index (χ3v) is 9.45. The Morgan fingerprint density at radius 1 is 1.06 bits per heavy atom. The number of Topliss-reactive ketones (excluding diaryl/α,β-unsaturated/α-hetero) is 1. The van der Waals surface area contributed by atoms with E-state index < -0.39 is 31.7 Å². The number of hydrogen-bond acceptors (Lipinski definition) is 6. The average molecular weight is 591 g/mol. The summed E-state index contributed by atoms with van der Waals surface area (Å²) < 4.78 is 68.3. The van der Waals surface area contributed by atoms with E-state index in [9.17, 15) is 26.4 Å². The van der Waals surface area contributed by atoms with Gasteiger partial charge in [-0.05, 0) is 61.9 Å². The number of thiazole rings is 1. The van der Waals surface area contributed by atoms with Crippen LogP contribution in [0.15, 0.2) is 62.7 Å². The molecule has 0 aliphatic carbocycles. The molecule has 0 unspecified atom stereocenters. The van der Waals surface area contributed by atoms with Crippen molar-refractivity contribution < 1.29 is 26.4 Å². The number of fused-ring (bicyclic) bond motifs is 1. The molecular weight excluding hydrogens is 576 g/mol. The lowest BCUT2D eigenvalue weighted by atomic mass is 10.1. The molecule has 13 heteroatoms. The van der Waals surface area contributed by atoms with Gasteiger partial charge in [-0.2, -0.15) is 13.2 Å². The molecule has 1 N–H and O–H groups in total. The number of nitrogens with one attached hydrogen (secondary N) is 1. The van der Waals surface area contributed by atoms with E-state index in [2.05, 4.69) is 9.71 Å². The molecule has 5 nitrogen and oxygen atoms in total. The molecule has 188 valence electrons. The molecule has 0 spiro atoms. The van der Waals surface area contributed by atoms with Crippen molar-refractivity contribution in [2.75, 3.05) is 4.72 Å². The minimum Gasteiger partial charge on any atom is -0.294 e. The number of aryl methyl sites for hydroxylation is 1. The maximum absolute atomic E-state index is 12.9. The van der Waals surface area contributed by atoms with Crippen molar-refractivity contribution in [2.24, 2.45) is 0 Å². The van der Waals surface area contributed by atoms with E-state index in [1.165, 1.54) is 42.2 Å². The summed E-state index contributed by atoms with van der Waals surface area (Å²) in [5, 5.41) is -0.507. The summed E-state index contributed by atoms with van der Waals surface area (Å²) >= 11 is 14.9. The number of benzene rings is 3. The van der Waals surface area contributed by atoms with E-state index in [4.69, 9.17) is 23.2 Å². The van der Waals surface area contributed by atoms with Gasteiger partial charge in [0, 0.05) is 10.5 Å². The van der Waals surface area contributed by atoms with Crippen LogP contribution in [0.2, 0.25) is 10.0 Å². The summed E-state index contributed by atoms with van der Waals surface area (Å²) in [6.07, 6.45) is -4.68. The van der Waals surface area contributed by atoms with Gasteiger partial charge in [0.1, 0.15) is 4.90 Å². The molecule has 36 heavy (non-hydrogen) atoms. The standard InChI is InChI=1S/C23H15Cl2F3N2O3S3/c1-11-3-5-19-18(7-11)29-22(34-19)35-21-15(12(2)31)9-14(10-17(21)25)30-36(32,33)20-6-4-13(8-16(20)24)23(26,27)28/h3-10,30H,1-2H3. The number of halogens is 5. The topological polar surface area (TPSA) is 76.1 Å². The monoisotopic (exact) mass is 590 g/mol. The van der Waals surface area contributed by atoms with Crippen molar-refractivity contribution in [1.29, 1.82) is 0 Å². The van der Waals surface area contributed by atoms with Gasteiger partial charge in [0.2, 0.25) is 0 Å². The smallest absolute Gasteiger partial charge is 0.294 e. The van der Waals surface area contributed by atoms with Crippen LogP contribution < -0.4 is 4.72 Å². The molecule has 0 fully saturated rings. The highest BCUT2D eigenvalue weighted by molar-refractivity contribution is 8.01. The number of rotatable bonds is 6. The predicted octanol–water partition coefficient (Wildman–Crippen LogP) is 8.08. The number of carbonyl (C=O) groups is 1. The van der Waals surface area contributed by atoms with Gasteiger partial charge in [0.15, 0.2) is 10.1 Å². The minimum atomic E-state index is -4.68. The second kappa shape index (κ2) is 9.86. The fourth-order valence-electron chi connectivity index (χ4n) is 3.27. The maximum Gasteiger partial charge on any atom is 0.416 e. The number of anilines is 1. The number of alkyl halides is 3. The van der Waals surface area contributed by atoms with E-state index in [1.54, 1.807) is 0 Å². The van der Waals surface area contributed by atoms with Gasteiger partial charge < -0.3 is 0 Å². The lowest BCUT2D eigenvalue weighted by Crippen LogP contribution is -2.15. The normalized spacial score (nSPS) is 12.2. The van der Waals surface area contributed by atoms with E-state index in [0.717, 1.165) is 21.8 Å².